The van der Waals surface area contributed by atoms with Gasteiger partial charge in [0, 0.05) is 12.8 Å². The Morgan fingerprint density at radius 3 is 2.92 bits per heavy atom. The standard InChI is InChI=1S/C12H22O/c1-2-3-7-11-8-5-4-6-9-12(13)10-11/h11H,2-10H2,1H3. The van der Waals surface area contributed by atoms with Crippen molar-refractivity contribution in [1.82, 2.24) is 0 Å². The zero-order valence-corrected chi connectivity index (χ0v) is 8.85. The van der Waals surface area contributed by atoms with E-state index in [1.165, 1.54) is 38.5 Å². The molecular weight excluding hydrogens is 160 g/mol. The van der Waals surface area contributed by atoms with Gasteiger partial charge in [-0.3, -0.25) is 4.79 Å². The van der Waals surface area contributed by atoms with Gasteiger partial charge < -0.3 is 0 Å². The van der Waals surface area contributed by atoms with Crippen molar-refractivity contribution < 1.29 is 4.79 Å². The Morgan fingerprint density at radius 1 is 1.31 bits per heavy atom. The van der Waals surface area contributed by atoms with Crippen LogP contribution in [0.4, 0.5) is 0 Å². The van der Waals surface area contributed by atoms with Gasteiger partial charge in [-0.25, -0.2) is 0 Å². The molecule has 0 N–H and O–H groups in total. The molecule has 76 valence electrons. The molecule has 0 amide bonds. The van der Waals surface area contributed by atoms with Crippen LogP contribution in [0.3, 0.4) is 0 Å². The van der Waals surface area contributed by atoms with Gasteiger partial charge in [0.05, 0.1) is 0 Å². The fourth-order valence-corrected chi connectivity index (χ4v) is 2.20. The second-order valence-corrected chi connectivity index (χ2v) is 4.35. The average molecular weight is 182 g/mol. The predicted molar refractivity (Wildman–Crippen MR) is 55.7 cm³/mol. The van der Waals surface area contributed by atoms with Crippen molar-refractivity contribution in [3.63, 3.8) is 0 Å². The maximum Gasteiger partial charge on any atom is 0.133 e. The number of carbonyl (C=O) groups is 1. The lowest BCUT2D eigenvalue weighted by molar-refractivity contribution is -0.120. The van der Waals surface area contributed by atoms with E-state index in [0.717, 1.165) is 19.3 Å². The third-order valence-electron chi connectivity index (χ3n) is 3.05. The van der Waals surface area contributed by atoms with Crippen LogP contribution in [0.15, 0.2) is 0 Å². The summed E-state index contributed by atoms with van der Waals surface area (Å²) in [6, 6.07) is 0. The van der Waals surface area contributed by atoms with Crippen LogP contribution in [0, 0.1) is 5.92 Å². The van der Waals surface area contributed by atoms with Gasteiger partial charge in [-0.1, -0.05) is 45.4 Å². The lowest BCUT2D eigenvalue weighted by Gasteiger charge is -2.18. The molecule has 0 aromatic carbocycles. The van der Waals surface area contributed by atoms with Crippen molar-refractivity contribution in [3.05, 3.63) is 0 Å². The van der Waals surface area contributed by atoms with E-state index in [9.17, 15) is 4.79 Å². The number of hydrogen-bond donors (Lipinski definition) is 0. The van der Waals surface area contributed by atoms with E-state index in [1.54, 1.807) is 0 Å². The van der Waals surface area contributed by atoms with Gasteiger partial charge >= 0.3 is 0 Å². The first-order valence-corrected chi connectivity index (χ1v) is 5.84. The lowest BCUT2D eigenvalue weighted by Crippen LogP contribution is -2.11. The van der Waals surface area contributed by atoms with Crippen molar-refractivity contribution in [2.24, 2.45) is 5.92 Å². The molecule has 1 rings (SSSR count). The smallest absolute Gasteiger partial charge is 0.133 e. The Morgan fingerprint density at radius 2 is 2.15 bits per heavy atom. The molecule has 0 spiro atoms. The molecule has 0 radical (unpaired) electrons. The van der Waals surface area contributed by atoms with Gasteiger partial charge in [-0.15, -0.1) is 0 Å². The minimum Gasteiger partial charge on any atom is -0.300 e. The molecule has 1 atom stereocenters. The first kappa shape index (κ1) is 10.7. The van der Waals surface area contributed by atoms with E-state index in [-0.39, 0.29) is 0 Å². The molecule has 0 aliphatic heterocycles. The summed E-state index contributed by atoms with van der Waals surface area (Å²) in [6.45, 7) is 2.23. The minimum atomic E-state index is 0.515. The van der Waals surface area contributed by atoms with Crippen LogP contribution in [-0.2, 0) is 4.79 Å². The molecule has 0 saturated heterocycles. The topological polar surface area (TPSA) is 17.1 Å². The highest BCUT2D eigenvalue weighted by Crippen LogP contribution is 2.24. The van der Waals surface area contributed by atoms with Crippen LogP contribution in [0.2, 0.25) is 0 Å². The number of ketones is 1. The highest BCUT2D eigenvalue weighted by molar-refractivity contribution is 5.78. The fraction of sp³-hybridized carbons (Fsp3) is 0.917. The summed E-state index contributed by atoms with van der Waals surface area (Å²) in [6.07, 6.45) is 10.6. The van der Waals surface area contributed by atoms with Gasteiger partial charge in [0.1, 0.15) is 5.78 Å². The molecule has 0 bridgehead atoms. The SMILES string of the molecule is CCCCC1CCCCCC(=O)C1. The van der Waals surface area contributed by atoms with Gasteiger partial charge in [0.15, 0.2) is 0 Å². The molecule has 1 nitrogen and oxygen atoms in total. The van der Waals surface area contributed by atoms with E-state index in [0.29, 0.717) is 11.7 Å². The van der Waals surface area contributed by atoms with Gasteiger partial charge in [-0.05, 0) is 12.3 Å². The van der Waals surface area contributed by atoms with Crippen molar-refractivity contribution in [2.45, 2.75) is 64.7 Å². The molecule has 0 heterocycles. The van der Waals surface area contributed by atoms with Crippen LogP contribution in [0.5, 0.6) is 0 Å². The van der Waals surface area contributed by atoms with Gasteiger partial charge in [0.2, 0.25) is 0 Å². The maximum atomic E-state index is 11.4. The zero-order chi connectivity index (χ0) is 9.52. The summed E-state index contributed by atoms with van der Waals surface area (Å²) in [4.78, 5) is 11.4. The van der Waals surface area contributed by atoms with Crippen molar-refractivity contribution in [2.75, 3.05) is 0 Å². The molecule has 0 aromatic rings. The third-order valence-corrected chi connectivity index (χ3v) is 3.05. The summed E-state index contributed by atoms with van der Waals surface area (Å²) in [7, 11) is 0. The molecule has 1 saturated carbocycles. The molecule has 1 fully saturated rings. The van der Waals surface area contributed by atoms with Crippen LogP contribution in [0.1, 0.15) is 64.7 Å². The Bertz CT molecular complexity index is 149. The molecule has 0 aromatic heterocycles. The second kappa shape index (κ2) is 6.17. The Kier molecular flexibility index (Phi) is 5.10. The molecule has 13 heavy (non-hydrogen) atoms. The molecule has 1 aliphatic rings. The predicted octanol–water partition coefficient (Wildman–Crippen LogP) is 3.72. The van der Waals surface area contributed by atoms with E-state index in [4.69, 9.17) is 0 Å². The second-order valence-electron chi connectivity index (χ2n) is 4.35. The highest BCUT2D eigenvalue weighted by atomic mass is 16.1. The van der Waals surface area contributed by atoms with E-state index >= 15 is 0 Å². The third kappa shape index (κ3) is 4.44. The molecule has 1 heteroatoms. The van der Waals surface area contributed by atoms with Crippen molar-refractivity contribution >= 4 is 5.78 Å². The van der Waals surface area contributed by atoms with E-state index in [1.807, 2.05) is 0 Å². The van der Waals surface area contributed by atoms with Crippen LogP contribution >= 0.6 is 0 Å². The zero-order valence-electron chi connectivity index (χ0n) is 8.85. The molecular formula is C12H22O. The summed E-state index contributed by atoms with van der Waals surface area (Å²) < 4.78 is 0. The fourth-order valence-electron chi connectivity index (χ4n) is 2.20. The quantitative estimate of drug-likeness (QED) is 0.650. The minimum absolute atomic E-state index is 0.515. The molecule has 1 unspecified atom stereocenters. The normalized spacial score (nSPS) is 25.3. The maximum absolute atomic E-state index is 11.4. The van der Waals surface area contributed by atoms with Crippen LogP contribution in [0.25, 0.3) is 0 Å². The average Bonchev–Trinajstić information content (AvgIpc) is 2.09. The summed E-state index contributed by atoms with van der Waals surface area (Å²) >= 11 is 0. The number of Topliss-reactive ketones (excluding diaryl/α,β-unsaturated/α-hetero) is 1. The Balaban J connectivity index is 2.28. The summed E-state index contributed by atoms with van der Waals surface area (Å²) in [5, 5.41) is 0. The monoisotopic (exact) mass is 182 g/mol. The largest absolute Gasteiger partial charge is 0.300 e. The van der Waals surface area contributed by atoms with Gasteiger partial charge in [0.25, 0.3) is 0 Å². The lowest BCUT2D eigenvalue weighted by atomic mass is 9.87. The first-order chi connectivity index (χ1) is 6.33. The summed E-state index contributed by atoms with van der Waals surface area (Å²) in [5.41, 5.74) is 0. The number of hydrogen-bond acceptors (Lipinski definition) is 1. The van der Waals surface area contributed by atoms with E-state index in [2.05, 4.69) is 6.92 Å². The van der Waals surface area contributed by atoms with Crippen molar-refractivity contribution in [1.29, 1.82) is 0 Å². The van der Waals surface area contributed by atoms with Crippen LogP contribution < -0.4 is 0 Å². The number of rotatable bonds is 3. The van der Waals surface area contributed by atoms with E-state index < -0.39 is 0 Å². The highest BCUT2D eigenvalue weighted by Gasteiger charge is 2.15. The first-order valence-electron chi connectivity index (χ1n) is 5.84. The summed E-state index contributed by atoms with van der Waals surface area (Å²) in [5.74, 6) is 1.23. The van der Waals surface area contributed by atoms with Crippen LogP contribution in [-0.4, -0.2) is 5.78 Å². The Hall–Kier alpha value is -0.330. The number of carbonyl (C=O) groups excluding carboxylic acids is 1. The number of unbranched alkanes of at least 4 members (excludes halogenated alkanes) is 1. The Labute approximate surface area is 81.9 Å². The van der Waals surface area contributed by atoms with Gasteiger partial charge in [-0.2, -0.15) is 0 Å². The van der Waals surface area contributed by atoms with Crippen molar-refractivity contribution in [3.8, 4) is 0 Å². The molecule has 1 aliphatic carbocycles.